The van der Waals surface area contributed by atoms with Gasteiger partial charge in [0.25, 0.3) is 0 Å². The number of carbonyl (C=O) groups is 2. The van der Waals surface area contributed by atoms with Gasteiger partial charge in [0.2, 0.25) is 5.91 Å². The minimum absolute atomic E-state index is 0.117. The first kappa shape index (κ1) is 30.8. The number of anilines is 2. The van der Waals surface area contributed by atoms with E-state index < -0.39 is 12.1 Å². The molecule has 0 N–H and O–H groups in total. The molecule has 0 saturated carbocycles. The molecule has 10 nitrogen and oxygen atoms in total. The van der Waals surface area contributed by atoms with E-state index in [9.17, 15) is 22.8 Å². The van der Waals surface area contributed by atoms with Gasteiger partial charge < -0.3 is 24.2 Å². The molecule has 13 heteroatoms. The third kappa shape index (κ3) is 6.72. The molecular formula is C33H31F3N6O4. The molecule has 1 amide bonds. The normalized spacial score (nSPS) is 15.0. The number of rotatable bonds is 8. The van der Waals surface area contributed by atoms with Crippen LogP contribution >= 0.6 is 0 Å². The number of halogens is 3. The Kier molecular flexibility index (Phi) is 8.73. The van der Waals surface area contributed by atoms with Gasteiger partial charge in [-0.1, -0.05) is 36.9 Å². The molecule has 4 heterocycles. The molecule has 2 aromatic carbocycles. The molecule has 2 aromatic heterocycles. The fourth-order valence-electron chi connectivity index (χ4n) is 5.73. The fourth-order valence-corrected chi connectivity index (χ4v) is 5.73. The summed E-state index contributed by atoms with van der Waals surface area (Å²) in [4.78, 5) is 43.7. The Labute approximate surface area is 263 Å². The van der Waals surface area contributed by atoms with Gasteiger partial charge in [-0.15, -0.1) is 0 Å². The zero-order valence-electron chi connectivity index (χ0n) is 24.9. The number of alkyl halides is 3. The highest BCUT2D eigenvalue weighted by Gasteiger charge is 2.41. The van der Waals surface area contributed by atoms with Crippen molar-refractivity contribution in [2.75, 3.05) is 49.1 Å². The van der Waals surface area contributed by atoms with E-state index in [2.05, 4.69) is 16.5 Å². The summed E-state index contributed by atoms with van der Waals surface area (Å²) in [6, 6.07) is 16.0. The SMILES string of the molecule is C=CC(=O)N1CCN(c2nc(OCCc3ccccn3)nc3c2CCN(c2cc(OC(=O)C(F)(F)F)cc4ccccc24)C3)CC1. The lowest BCUT2D eigenvalue weighted by Gasteiger charge is -2.38. The van der Waals surface area contributed by atoms with Crippen molar-refractivity contribution < 1.29 is 32.2 Å². The number of fused-ring (bicyclic) bond motifs is 2. The van der Waals surface area contributed by atoms with Crippen LogP contribution in [-0.4, -0.2) is 77.2 Å². The summed E-state index contributed by atoms with van der Waals surface area (Å²) in [6.45, 7) is 6.88. The Morgan fingerprint density at radius 3 is 2.48 bits per heavy atom. The number of piperazine rings is 1. The van der Waals surface area contributed by atoms with Crippen LogP contribution in [0.4, 0.5) is 24.7 Å². The van der Waals surface area contributed by atoms with Crippen LogP contribution in [0.3, 0.4) is 0 Å². The minimum Gasteiger partial charge on any atom is -0.463 e. The molecule has 2 aliphatic rings. The van der Waals surface area contributed by atoms with Crippen LogP contribution in [0.5, 0.6) is 11.8 Å². The summed E-state index contributed by atoms with van der Waals surface area (Å²) in [5.74, 6) is -1.86. The summed E-state index contributed by atoms with van der Waals surface area (Å²) < 4.78 is 49.8. The van der Waals surface area contributed by atoms with E-state index in [-0.39, 0.29) is 17.7 Å². The molecule has 1 saturated heterocycles. The first-order chi connectivity index (χ1) is 22.2. The number of ether oxygens (including phenoxy) is 2. The minimum atomic E-state index is -5.12. The molecule has 0 aliphatic carbocycles. The summed E-state index contributed by atoms with van der Waals surface area (Å²) in [7, 11) is 0. The van der Waals surface area contributed by atoms with Gasteiger partial charge in [-0.3, -0.25) is 9.78 Å². The Balaban J connectivity index is 1.31. The lowest BCUT2D eigenvalue weighted by Crippen LogP contribution is -2.49. The number of pyridine rings is 1. The lowest BCUT2D eigenvalue weighted by molar-refractivity contribution is -0.189. The van der Waals surface area contributed by atoms with Gasteiger partial charge in [-0.25, -0.2) is 4.79 Å². The number of nitrogens with zero attached hydrogens (tertiary/aromatic N) is 6. The molecule has 0 bridgehead atoms. The van der Waals surface area contributed by atoms with Gasteiger partial charge in [0.05, 0.1) is 18.8 Å². The van der Waals surface area contributed by atoms with E-state index in [4.69, 9.17) is 19.4 Å². The van der Waals surface area contributed by atoms with Gasteiger partial charge in [0, 0.05) is 73.7 Å². The molecule has 0 unspecified atom stereocenters. The van der Waals surface area contributed by atoms with Gasteiger partial charge in [-0.2, -0.15) is 23.1 Å². The zero-order valence-corrected chi connectivity index (χ0v) is 24.9. The number of carbonyl (C=O) groups excluding carboxylic acids is 2. The number of hydrogen-bond donors (Lipinski definition) is 0. The zero-order chi connectivity index (χ0) is 32.3. The van der Waals surface area contributed by atoms with E-state index in [0.717, 1.165) is 28.2 Å². The third-order valence-corrected chi connectivity index (χ3v) is 8.00. The third-order valence-electron chi connectivity index (χ3n) is 8.00. The van der Waals surface area contributed by atoms with E-state index in [1.807, 2.05) is 35.2 Å². The largest absolute Gasteiger partial charge is 0.491 e. The number of benzene rings is 2. The van der Waals surface area contributed by atoms with E-state index in [1.165, 1.54) is 18.2 Å². The molecule has 0 spiro atoms. The van der Waals surface area contributed by atoms with Crippen molar-refractivity contribution in [3.8, 4) is 11.8 Å². The van der Waals surface area contributed by atoms with Crippen LogP contribution in [0.1, 0.15) is 17.0 Å². The molecule has 4 aromatic rings. The van der Waals surface area contributed by atoms with Gasteiger partial charge in [0.1, 0.15) is 11.6 Å². The second-order valence-corrected chi connectivity index (χ2v) is 10.9. The first-order valence-electron chi connectivity index (χ1n) is 14.8. The molecular weight excluding hydrogens is 601 g/mol. The monoisotopic (exact) mass is 632 g/mol. The van der Waals surface area contributed by atoms with Crippen molar-refractivity contribution in [2.24, 2.45) is 0 Å². The smallest absolute Gasteiger partial charge is 0.463 e. The van der Waals surface area contributed by atoms with Crippen molar-refractivity contribution in [1.82, 2.24) is 19.9 Å². The number of esters is 1. The van der Waals surface area contributed by atoms with Crippen LogP contribution in [0.15, 0.2) is 73.4 Å². The molecule has 6 rings (SSSR count). The van der Waals surface area contributed by atoms with Gasteiger partial charge in [-0.05, 0) is 36.1 Å². The van der Waals surface area contributed by atoms with Crippen LogP contribution in [0.2, 0.25) is 0 Å². The maximum absolute atomic E-state index is 13.0. The number of hydrogen-bond acceptors (Lipinski definition) is 9. The average molecular weight is 633 g/mol. The van der Waals surface area contributed by atoms with Crippen molar-refractivity contribution >= 4 is 34.2 Å². The molecule has 2 aliphatic heterocycles. The van der Waals surface area contributed by atoms with Crippen LogP contribution in [0.25, 0.3) is 10.8 Å². The Morgan fingerprint density at radius 1 is 0.957 bits per heavy atom. The topological polar surface area (TPSA) is 101 Å². The predicted octanol–water partition coefficient (Wildman–Crippen LogP) is 4.51. The van der Waals surface area contributed by atoms with Crippen LogP contribution in [-0.2, 0) is 29.0 Å². The van der Waals surface area contributed by atoms with Crippen LogP contribution < -0.4 is 19.3 Å². The molecule has 1 fully saturated rings. The van der Waals surface area contributed by atoms with Crippen molar-refractivity contribution in [1.29, 1.82) is 0 Å². The van der Waals surface area contributed by atoms with E-state index in [1.54, 1.807) is 23.2 Å². The fraction of sp³-hybridized carbons (Fsp3) is 0.303. The molecule has 0 atom stereocenters. The molecule has 46 heavy (non-hydrogen) atoms. The van der Waals surface area contributed by atoms with Crippen molar-refractivity contribution in [2.45, 2.75) is 25.6 Å². The average Bonchev–Trinajstić information content (AvgIpc) is 3.07. The lowest BCUT2D eigenvalue weighted by atomic mass is 10.0. The number of aromatic nitrogens is 3. The quantitative estimate of drug-likeness (QED) is 0.158. The summed E-state index contributed by atoms with van der Waals surface area (Å²) in [5.41, 5.74) is 3.15. The second-order valence-electron chi connectivity index (χ2n) is 10.9. The maximum Gasteiger partial charge on any atom is 0.491 e. The Morgan fingerprint density at radius 2 is 1.74 bits per heavy atom. The Hall–Kier alpha value is -5.20. The standard InChI is InChI=1S/C33H31F3N6O4/c1-2-29(43)40-14-16-41(17-15-40)30-26-10-13-42(21-27(26)38-32(39-30)45-18-11-23-8-5-6-12-37-23)28-20-24(46-31(44)33(34,35)36)19-22-7-3-4-9-25(22)28/h2-9,12,19-20H,1,10-11,13-18,21H2. The maximum atomic E-state index is 13.0. The summed E-state index contributed by atoms with van der Waals surface area (Å²) in [5, 5.41) is 1.42. The first-order valence-corrected chi connectivity index (χ1v) is 14.8. The van der Waals surface area contributed by atoms with Crippen molar-refractivity contribution in [3.63, 3.8) is 0 Å². The second kappa shape index (κ2) is 13.0. The Bertz CT molecular complexity index is 1760. The highest BCUT2D eigenvalue weighted by atomic mass is 19.4. The van der Waals surface area contributed by atoms with Gasteiger partial charge >= 0.3 is 18.2 Å². The van der Waals surface area contributed by atoms with E-state index >= 15 is 0 Å². The highest BCUT2D eigenvalue weighted by molar-refractivity contribution is 5.96. The molecule has 238 valence electrons. The summed E-state index contributed by atoms with van der Waals surface area (Å²) >= 11 is 0. The van der Waals surface area contributed by atoms with Gasteiger partial charge in [0.15, 0.2) is 0 Å². The number of amides is 1. The van der Waals surface area contributed by atoms with E-state index in [0.29, 0.717) is 69.8 Å². The van der Waals surface area contributed by atoms with Crippen LogP contribution in [0, 0.1) is 0 Å². The molecule has 0 radical (unpaired) electrons. The summed E-state index contributed by atoms with van der Waals surface area (Å²) in [6.07, 6.45) is -0.989. The predicted molar refractivity (Wildman–Crippen MR) is 165 cm³/mol. The highest BCUT2D eigenvalue weighted by Crippen LogP contribution is 2.37. The van der Waals surface area contributed by atoms with Crippen molar-refractivity contribution in [3.05, 3.63) is 90.4 Å².